The number of carboxylic acid groups (broad SMARTS) is 1. The van der Waals surface area contributed by atoms with E-state index in [0.717, 1.165) is 16.0 Å². The molecule has 1 N–H and O–H groups in total. The summed E-state index contributed by atoms with van der Waals surface area (Å²) in [7, 11) is -3.20. The SMILES string of the molecule is CS(=O)(=O)c1ccc(Sc2ccc(C(=O)O)c(Br)c2)cc1. The van der Waals surface area contributed by atoms with E-state index in [1.54, 1.807) is 36.4 Å². The Morgan fingerprint density at radius 1 is 1.10 bits per heavy atom. The Hall–Kier alpha value is -1.31. The van der Waals surface area contributed by atoms with E-state index >= 15 is 0 Å². The predicted octanol–water partition coefficient (Wildman–Crippen LogP) is 3.70. The number of sulfone groups is 1. The van der Waals surface area contributed by atoms with Crippen molar-refractivity contribution < 1.29 is 18.3 Å². The highest BCUT2D eigenvalue weighted by Crippen LogP contribution is 2.31. The number of hydrogen-bond donors (Lipinski definition) is 1. The van der Waals surface area contributed by atoms with Crippen molar-refractivity contribution in [2.24, 2.45) is 0 Å². The number of aromatic carboxylic acids is 1. The number of benzene rings is 2. The summed E-state index contributed by atoms with van der Waals surface area (Å²) in [6, 6.07) is 11.5. The summed E-state index contributed by atoms with van der Waals surface area (Å²) in [4.78, 5) is 12.9. The summed E-state index contributed by atoms with van der Waals surface area (Å²) in [5.41, 5.74) is 0.201. The first-order chi connectivity index (χ1) is 9.77. The van der Waals surface area contributed by atoms with Gasteiger partial charge in [-0.25, -0.2) is 13.2 Å². The van der Waals surface area contributed by atoms with Crippen LogP contribution >= 0.6 is 27.7 Å². The van der Waals surface area contributed by atoms with Gasteiger partial charge in [0.2, 0.25) is 0 Å². The van der Waals surface area contributed by atoms with Gasteiger partial charge in [-0.1, -0.05) is 11.8 Å². The molecular formula is C14H11BrO4S2. The fourth-order valence-corrected chi connectivity index (χ4v) is 3.81. The molecule has 0 aliphatic carbocycles. The highest BCUT2D eigenvalue weighted by atomic mass is 79.9. The van der Waals surface area contributed by atoms with Crippen LogP contribution in [0.1, 0.15) is 10.4 Å². The van der Waals surface area contributed by atoms with Gasteiger partial charge >= 0.3 is 5.97 Å². The molecule has 2 aromatic carbocycles. The Kier molecular flexibility index (Phi) is 4.75. The van der Waals surface area contributed by atoms with E-state index in [1.807, 2.05) is 0 Å². The largest absolute Gasteiger partial charge is 0.478 e. The maximum atomic E-state index is 11.4. The summed E-state index contributed by atoms with van der Waals surface area (Å²) in [6.45, 7) is 0. The molecule has 7 heteroatoms. The van der Waals surface area contributed by atoms with Crippen LogP contribution in [0.25, 0.3) is 0 Å². The topological polar surface area (TPSA) is 71.4 Å². The van der Waals surface area contributed by atoms with Crippen molar-refractivity contribution in [3.63, 3.8) is 0 Å². The zero-order valence-electron chi connectivity index (χ0n) is 10.9. The lowest BCUT2D eigenvalue weighted by Crippen LogP contribution is -1.97. The normalized spacial score (nSPS) is 11.3. The van der Waals surface area contributed by atoms with Crippen molar-refractivity contribution >= 4 is 43.5 Å². The number of hydrogen-bond acceptors (Lipinski definition) is 4. The molecule has 0 saturated heterocycles. The van der Waals surface area contributed by atoms with E-state index in [-0.39, 0.29) is 10.5 Å². The van der Waals surface area contributed by atoms with Crippen LogP contribution in [0.3, 0.4) is 0 Å². The fourth-order valence-electron chi connectivity index (χ4n) is 1.62. The molecule has 0 bridgehead atoms. The van der Waals surface area contributed by atoms with Gasteiger partial charge in [-0.2, -0.15) is 0 Å². The second-order valence-electron chi connectivity index (χ2n) is 4.29. The molecular weight excluding hydrogens is 376 g/mol. The van der Waals surface area contributed by atoms with E-state index in [4.69, 9.17) is 5.11 Å². The Labute approximate surface area is 135 Å². The quantitative estimate of drug-likeness (QED) is 0.866. The number of carboxylic acids is 1. The average molecular weight is 387 g/mol. The molecule has 0 fully saturated rings. The van der Waals surface area contributed by atoms with Crippen LogP contribution in [0.15, 0.2) is 61.6 Å². The van der Waals surface area contributed by atoms with Crippen molar-refractivity contribution in [1.29, 1.82) is 0 Å². The van der Waals surface area contributed by atoms with E-state index < -0.39 is 15.8 Å². The molecule has 0 unspecified atom stereocenters. The van der Waals surface area contributed by atoms with Gasteiger partial charge < -0.3 is 5.11 Å². The molecule has 0 aliphatic heterocycles. The summed E-state index contributed by atoms with van der Waals surface area (Å²) in [5, 5.41) is 8.96. The molecule has 110 valence electrons. The number of rotatable bonds is 4. The third kappa shape index (κ3) is 4.09. The zero-order valence-corrected chi connectivity index (χ0v) is 14.1. The lowest BCUT2D eigenvalue weighted by molar-refractivity contribution is 0.0696. The minimum absolute atomic E-state index is 0.201. The van der Waals surface area contributed by atoms with Gasteiger partial charge in [0, 0.05) is 20.5 Å². The van der Waals surface area contributed by atoms with Gasteiger partial charge in [0.05, 0.1) is 10.5 Å². The second kappa shape index (κ2) is 6.21. The first kappa shape index (κ1) is 16.1. The maximum absolute atomic E-state index is 11.4. The molecule has 2 aromatic rings. The highest BCUT2D eigenvalue weighted by molar-refractivity contribution is 9.10. The van der Waals surface area contributed by atoms with Crippen molar-refractivity contribution in [2.45, 2.75) is 14.7 Å². The van der Waals surface area contributed by atoms with Gasteiger partial charge in [0.15, 0.2) is 9.84 Å². The molecule has 0 saturated carbocycles. The number of carbonyl (C=O) groups is 1. The standard InChI is InChI=1S/C14H11BrO4S2/c1-21(18,19)11-5-2-9(3-6-11)20-10-4-7-12(14(16)17)13(15)8-10/h2-8H,1H3,(H,16,17). The molecule has 0 radical (unpaired) electrons. The molecule has 0 amide bonds. The molecule has 0 heterocycles. The molecule has 21 heavy (non-hydrogen) atoms. The minimum Gasteiger partial charge on any atom is -0.478 e. The van der Waals surface area contributed by atoms with Crippen LogP contribution in [0.5, 0.6) is 0 Å². The summed E-state index contributed by atoms with van der Waals surface area (Å²) < 4.78 is 23.3. The van der Waals surface area contributed by atoms with Crippen LogP contribution in [-0.4, -0.2) is 25.7 Å². The first-order valence-electron chi connectivity index (χ1n) is 5.78. The molecule has 4 nitrogen and oxygen atoms in total. The zero-order chi connectivity index (χ0) is 15.6. The summed E-state index contributed by atoms with van der Waals surface area (Å²) in [5.74, 6) is -0.990. The highest BCUT2D eigenvalue weighted by Gasteiger charge is 2.10. The lowest BCUT2D eigenvalue weighted by Gasteiger charge is -2.05. The molecule has 2 rings (SSSR count). The van der Waals surface area contributed by atoms with Crippen LogP contribution in [0.2, 0.25) is 0 Å². The van der Waals surface area contributed by atoms with Gasteiger partial charge in [-0.15, -0.1) is 0 Å². The van der Waals surface area contributed by atoms with Crippen molar-refractivity contribution in [3.05, 3.63) is 52.5 Å². The van der Waals surface area contributed by atoms with Crippen molar-refractivity contribution in [1.82, 2.24) is 0 Å². The molecule has 0 atom stereocenters. The summed E-state index contributed by atoms with van der Waals surface area (Å²) >= 11 is 4.65. The number of halogens is 1. The van der Waals surface area contributed by atoms with Gasteiger partial charge in [0.1, 0.15) is 0 Å². The average Bonchev–Trinajstić information content (AvgIpc) is 2.38. The van der Waals surface area contributed by atoms with Gasteiger partial charge in [-0.05, 0) is 58.4 Å². The summed E-state index contributed by atoms with van der Waals surface area (Å²) in [6.07, 6.45) is 1.16. The fraction of sp³-hybridized carbons (Fsp3) is 0.0714. The van der Waals surface area contributed by atoms with E-state index in [0.29, 0.717) is 4.47 Å². The Morgan fingerprint density at radius 3 is 2.14 bits per heavy atom. The third-order valence-electron chi connectivity index (χ3n) is 2.66. The maximum Gasteiger partial charge on any atom is 0.336 e. The lowest BCUT2D eigenvalue weighted by atomic mass is 10.2. The third-order valence-corrected chi connectivity index (χ3v) is 5.44. The van der Waals surface area contributed by atoms with Crippen LogP contribution < -0.4 is 0 Å². The second-order valence-corrected chi connectivity index (χ2v) is 8.31. The predicted molar refractivity (Wildman–Crippen MR) is 84.8 cm³/mol. The van der Waals surface area contributed by atoms with Crippen LogP contribution in [0, 0.1) is 0 Å². The molecule has 0 aromatic heterocycles. The first-order valence-corrected chi connectivity index (χ1v) is 9.28. The molecule has 0 aliphatic rings. The Balaban J connectivity index is 2.23. The van der Waals surface area contributed by atoms with Crippen molar-refractivity contribution in [2.75, 3.05) is 6.26 Å². The van der Waals surface area contributed by atoms with Crippen molar-refractivity contribution in [3.8, 4) is 0 Å². The monoisotopic (exact) mass is 386 g/mol. The van der Waals surface area contributed by atoms with Crippen LogP contribution in [-0.2, 0) is 9.84 Å². The van der Waals surface area contributed by atoms with Crippen LogP contribution in [0.4, 0.5) is 0 Å². The Bertz CT molecular complexity index is 783. The minimum atomic E-state index is -3.20. The van der Waals surface area contributed by atoms with Gasteiger partial charge in [-0.3, -0.25) is 0 Å². The van der Waals surface area contributed by atoms with Gasteiger partial charge in [0.25, 0.3) is 0 Å². The Morgan fingerprint density at radius 2 is 1.67 bits per heavy atom. The molecule has 0 spiro atoms. The van der Waals surface area contributed by atoms with E-state index in [2.05, 4.69) is 15.9 Å². The van der Waals surface area contributed by atoms with E-state index in [9.17, 15) is 13.2 Å². The smallest absolute Gasteiger partial charge is 0.336 e. The van der Waals surface area contributed by atoms with E-state index in [1.165, 1.54) is 17.8 Å².